The molecular formula is C18H28O2. The lowest BCUT2D eigenvalue weighted by Gasteiger charge is -2.55. The van der Waals surface area contributed by atoms with Gasteiger partial charge in [-0.2, -0.15) is 0 Å². The Bertz CT molecular complexity index is 398. The average Bonchev–Trinajstić information content (AvgIpc) is 2.38. The van der Waals surface area contributed by atoms with Crippen LogP contribution in [0.4, 0.5) is 0 Å². The first-order valence-corrected chi connectivity index (χ1v) is 7.94. The molecule has 0 aromatic carbocycles. The Morgan fingerprint density at radius 1 is 1.15 bits per heavy atom. The van der Waals surface area contributed by atoms with Crippen molar-refractivity contribution in [2.75, 3.05) is 0 Å². The van der Waals surface area contributed by atoms with E-state index < -0.39 is 0 Å². The molecule has 0 aromatic heterocycles. The molecule has 0 amide bonds. The van der Waals surface area contributed by atoms with Crippen LogP contribution in [0.15, 0.2) is 24.3 Å². The Morgan fingerprint density at radius 3 is 2.65 bits per heavy atom. The molecule has 0 saturated heterocycles. The molecule has 20 heavy (non-hydrogen) atoms. The standard InChI is InChI=1S/C18H28O2/c1-4-5-6-10-17(2)11-7-12-18(3)13-15(20-14-19)8-9-16(17)18/h4-6,10,14-16H,7-9,11-13H2,1-3H3/b5-4+,10-6+/t15-,16+,17-,18-/m1/s1. The van der Waals surface area contributed by atoms with Gasteiger partial charge in [-0.1, -0.05) is 44.6 Å². The second-order valence-electron chi connectivity index (χ2n) is 7.09. The number of hydrogen-bond acceptors (Lipinski definition) is 2. The zero-order valence-corrected chi connectivity index (χ0v) is 13.1. The summed E-state index contributed by atoms with van der Waals surface area (Å²) in [5, 5.41) is 0. The van der Waals surface area contributed by atoms with Crippen molar-refractivity contribution in [1.29, 1.82) is 0 Å². The average molecular weight is 276 g/mol. The molecule has 2 aliphatic carbocycles. The molecule has 2 aliphatic rings. The lowest BCUT2D eigenvalue weighted by atomic mass is 9.51. The number of rotatable bonds is 4. The summed E-state index contributed by atoms with van der Waals surface area (Å²) in [6, 6.07) is 0. The molecule has 0 heterocycles. The van der Waals surface area contributed by atoms with E-state index in [9.17, 15) is 4.79 Å². The molecule has 112 valence electrons. The van der Waals surface area contributed by atoms with Crippen molar-refractivity contribution in [3.63, 3.8) is 0 Å². The number of carbonyl (C=O) groups is 1. The third-order valence-electron chi connectivity index (χ3n) is 5.60. The van der Waals surface area contributed by atoms with Crippen molar-refractivity contribution in [2.45, 2.75) is 65.4 Å². The van der Waals surface area contributed by atoms with Crippen molar-refractivity contribution in [1.82, 2.24) is 0 Å². The van der Waals surface area contributed by atoms with Gasteiger partial charge in [-0.05, 0) is 55.8 Å². The smallest absolute Gasteiger partial charge is 0.293 e. The zero-order chi connectivity index (χ0) is 14.6. The van der Waals surface area contributed by atoms with E-state index in [4.69, 9.17) is 4.74 Å². The Kier molecular flexibility index (Phi) is 4.72. The minimum Gasteiger partial charge on any atom is -0.465 e. The number of carbonyl (C=O) groups excluding carboxylic acids is 1. The minimum absolute atomic E-state index is 0.135. The van der Waals surface area contributed by atoms with Crippen LogP contribution in [0.25, 0.3) is 0 Å². The molecule has 2 saturated carbocycles. The first kappa shape index (κ1) is 15.3. The number of allylic oxidation sites excluding steroid dienone is 4. The van der Waals surface area contributed by atoms with Gasteiger partial charge in [0, 0.05) is 0 Å². The van der Waals surface area contributed by atoms with Gasteiger partial charge in [-0.15, -0.1) is 0 Å². The van der Waals surface area contributed by atoms with E-state index in [1.54, 1.807) is 0 Å². The van der Waals surface area contributed by atoms with Crippen molar-refractivity contribution >= 4 is 6.47 Å². The van der Waals surface area contributed by atoms with Gasteiger partial charge in [0.25, 0.3) is 6.47 Å². The number of ether oxygens (including phenoxy) is 1. The normalized spacial score (nSPS) is 41.8. The van der Waals surface area contributed by atoms with Crippen molar-refractivity contribution in [3.05, 3.63) is 24.3 Å². The van der Waals surface area contributed by atoms with Crippen molar-refractivity contribution in [3.8, 4) is 0 Å². The van der Waals surface area contributed by atoms with Crippen LogP contribution in [0.5, 0.6) is 0 Å². The maximum absolute atomic E-state index is 10.6. The van der Waals surface area contributed by atoms with E-state index >= 15 is 0 Å². The number of hydrogen-bond donors (Lipinski definition) is 0. The summed E-state index contributed by atoms with van der Waals surface area (Å²) in [5.74, 6) is 0.705. The summed E-state index contributed by atoms with van der Waals surface area (Å²) >= 11 is 0. The first-order valence-electron chi connectivity index (χ1n) is 7.94. The summed E-state index contributed by atoms with van der Waals surface area (Å²) < 4.78 is 5.25. The molecule has 2 fully saturated rings. The quantitative estimate of drug-likeness (QED) is 0.551. The number of fused-ring (bicyclic) bond motifs is 1. The largest absolute Gasteiger partial charge is 0.465 e. The highest BCUT2D eigenvalue weighted by atomic mass is 16.5. The zero-order valence-electron chi connectivity index (χ0n) is 13.1. The summed E-state index contributed by atoms with van der Waals surface area (Å²) in [6.45, 7) is 7.50. The summed E-state index contributed by atoms with van der Waals surface area (Å²) in [4.78, 5) is 10.6. The van der Waals surface area contributed by atoms with Crippen LogP contribution in [0.3, 0.4) is 0 Å². The maximum Gasteiger partial charge on any atom is 0.293 e. The second kappa shape index (κ2) is 6.15. The van der Waals surface area contributed by atoms with Crippen LogP contribution in [0, 0.1) is 16.7 Å². The van der Waals surface area contributed by atoms with E-state index in [-0.39, 0.29) is 6.10 Å². The molecular weight excluding hydrogens is 248 g/mol. The molecule has 0 spiro atoms. The molecule has 0 N–H and O–H groups in total. The van der Waals surface area contributed by atoms with Crippen molar-refractivity contribution in [2.24, 2.45) is 16.7 Å². The van der Waals surface area contributed by atoms with Gasteiger partial charge in [0.2, 0.25) is 0 Å². The van der Waals surface area contributed by atoms with Crippen LogP contribution in [-0.2, 0) is 9.53 Å². The fourth-order valence-electron chi connectivity index (χ4n) is 4.70. The lowest BCUT2D eigenvalue weighted by Crippen LogP contribution is -2.48. The molecule has 4 atom stereocenters. The van der Waals surface area contributed by atoms with E-state index in [0.29, 0.717) is 23.2 Å². The third-order valence-corrected chi connectivity index (χ3v) is 5.60. The van der Waals surface area contributed by atoms with E-state index in [0.717, 1.165) is 12.8 Å². The van der Waals surface area contributed by atoms with Crippen LogP contribution in [0.1, 0.15) is 59.3 Å². The molecule has 0 unspecified atom stereocenters. The molecule has 2 heteroatoms. The van der Waals surface area contributed by atoms with E-state index in [2.05, 4.69) is 45.1 Å². The fourth-order valence-corrected chi connectivity index (χ4v) is 4.70. The molecule has 0 bridgehead atoms. The molecule has 2 rings (SSSR count). The Morgan fingerprint density at radius 2 is 1.95 bits per heavy atom. The fraction of sp³-hybridized carbons (Fsp3) is 0.722. The van der Waals surface area contributed by atoms with Gasteiger partial charge < -0.3 is 4.74 Å². The lowest BCUT2D eigenvalue weighted by molar-refractivity contribution is -0.142. The highest BCUT2D eigenvalue weighted by molar-refractivity contribution is 5.37. The Balaban J connectivity index is 2.17. The van der Waals surface area contributed by atoms with Crippen LogP contribution >= 0.6 is 0 Å². The SMILES string of the molecule is C/C=C/C=C/[C@]1(C)CCC[C@]2(C)C[C@H](OC=O)CC[C@H]21. The third kappa shape index (κ3) is 2.99. The molecule has 0 aliphatic heterocycles. The maximum atomic E-state index is 10.6. The van der Waals surface area contributed by atoms with Crippen LogP contribution in [-0.4, -0.2) is 12.6 Å². The summed E-state index contributed by atoms with van der Waals surface area (Å²) in [7, 11) is 0. The van der Waals surface area contributed by atoms with Crippen LogP contribution < -0.4 is 0 Å². The van der Waals surface area contributed by atoms with Gasteiger partial charge in [0.1, 0.15) is 6.10 Å². The van der Waals surface area contributed by atoms with E-state index in [1.165, 1.54) is 25.7 Å². The first-order chi connectivity index (χ1) is 9.54. The monoisotopic (exact) mass is 276 g/mol. The minimum atomic E-state index is 0.135. The summed E-state index contributed by atoms with van der Waals surface area (Å²) in [6.07, 6.45) is 16.0. The van der Waals surface area contributed by atoms with Gasteiger partial charge >= 0.3 is 0 Å². The molecule has 2 nitrogen and oxygen atoms in total. The topological polar surface area (TPSA) is 26.3 Å². The van der Waals surface area contributed by atoms with Gasteiger partial charge in [0.05, 0.1) is 0 Å². The van der Waals surface area contributed by atoms with Gasteiger partial charge in [-0.25, -0.2) is 0 Å². The Labute approximate surface area is 123 Å². The van der Waals surface area contributed by atoms with Gasteiger partial charge in [0.15, 0.2) is 0 Å². The summed E-state index contributed by atoms with van der Waals surface area (Å²) in [5.41, 5.74) is 0.609. The van der Waals surface area contributed by atoms with Crippen LogP contribution in [0.2, 0.25) is 0 Å². The highest BCUT2D eigenvalue weighted by Gasteiger charge is 2.50. The Hall–Kier alpha value is -1.05. The van der Waals surface area contributed by atoms with Crippen molar-refractivity contribution < 1.29 is 9.53 Å². The predicted molar refractivity (Wildman–Crippen MR) is 82.3 cm³/mol. The van der Waals surface area contributed by atoms with Gasteiger partial charge in [-0.3, -0.25) is 4.79 Å². The molecule has 0 aromatic rings. The van der Waals surface area contributed by atoms with E-state index in [1.807, 2.05) is 0 Å². The molecule has 0 radical (unpaired) electrons. The second-order valence-corrected chi connectivity index (χ2v) is 7.09. The highest BCUT2D eigenvalue weighted by Crippen LogP contribution is 2.58. The predicted octanol–water partition coefficient (Wildman–Crippen LogP) is 4.66.